The lowest BCUT2D eigenvalue weighted by Gasteiger charge is -2.14. The molecule has 2 N–H and O–H groups in total. The van der Waals surface area contributed by atoms with Crippen molar-refractivity contribution in [2.75, 3.05) is 10.0 Å². The lowest BCUT2D eigenvalue weighted by molar-refractivity contribution is 0.102. The average molecular weight is 463 g/mol. The summed E-state index contributed by atoms with van der Waals surface area (Å²) >= 11 is 5.86. The van der Waals surface area contributed by atoms with E-state index in [2.05, 4.69) is 16.1 Å². The zero-order chi connectivity index (χ0) is 22.3. The SMILES string of the molecule is O=C(Nc1ccc2c3c(cccc13)CC2)c1ccccc1NS(=O)(=O)c1ccc(Cl)cc1. The predicted molar refractivity (Wildman–Crippen MR) is 128 cm³/mol. The highest BCUT2D eigenvalue weighted by Gasteiger charge is 2.20. The summed E-state index contributed by atoms with van der Waals surface area (Å²) in [5, 5.41) is 5.59. The summed E-state index contributed by atoms with van der Waals surface area (Å²) in [6, 6.07) is 22.4. The Labute approximate surface area is 191 Å². The van der Waals surface area contributed by atoms with Gasteiger partial charge in [0.25, 0.3) is 15.9 Å². The van der Waals surface area contributed by atoms with Crippen molar-refractivity contribution >= 4 is 49.7 Å². The Balaban J connectivity index is 1.46. The number of para-hydroxylation sites is 1. The summed E-state index contributed by atoms with van der Waals surface area (Å²) in [4.78, 5) is 13.2. The van der Waals surface area contributed by atoms with Crippen LogP contribution in [0.3, 0.4) is 0 Å². The lowest BCUT2D eigenvalue weighted by Crippen LogP contribution is -2.18. The van der Waals surface area contributed by atoms with Crippen LogP contribution in [0.4, 0.5) is 11.4 Å². The van der Waals surface area contributed by atoms with E-state index >= 15 is 0 Å². The maximum atomic E-state index is 13.2. The molecule has 5 rings (SSSR count). The van der Waals surface area contributed by atoms with E-state index in [1.54, 1.807) is 24.3 Å². The fourth-order valence-electron chi connectivity index (χ4n) is 4.13. The summed E-state index contributed by atoms with van der Waals surface area (Å²) in [7, 11) is -3.89. The number of rotatable bonds is 5. The standard InChI is InChI=1S/C25H19ClN2O3S/c26-18-11-13-19(14-12-18)32(30,31)28-23-7-2-1-5-21(23)25(29)27-22-15-10-17-9-8-16-4-3-6-20(22)24(16)17/h1-7,10-15,28H,8-9H2,(H,27,29). The molecule has 0 spiro atoms. The second-order valence-electron chi connectivity index (χ2n) is 7.67. The van der Waals surface area contributed by atoms with Crippen molar-refractivity contribution in [3.05, 3.63) is 101 Å². The van der Waals surface area contributed by atoms with Gasteiger partial charge < -0.3 is 5.32 Å². The van der Waals surface area contributed by atoms with Gasteiger partial charge in [-0.3, -0.25) is 9.52 Å². The van der Waals surface area contributed by atoms with Gasteiger partial charge in [-0.1, -0.05) is 48.0 Å². The predicted octanol–water partition coefficient (Wildman–Crippen LogP) is 5.64. The van der Waals surface area contributed by atoms with Crippen molar-refractivity contribution in [2.24, 2.45) is 0 Å². The van der Waals surface area contributed by atoms with Crippen LogP contribution in [0.25, 0.3) is 10.8 Å². The number of anilines is 2. The minimum atomic E-state index is -3.89. The van der Waals surface area contributed by atoms with Gasteiger partial charge in [-0.2, -0.15) is 0 Å². The molecule has 7 heteroatoms. The van der Waals surface area contributed by atoms with Crippen molar-refractivity contribution in [3.8, 4) is 0 Å². The minimum absolute atomic E-state index is 0.0598. The molecule has 32 heavy (non-hydrogen) atoms. The highest BCUT2D eigenvalue weighted by molar-refractivity contribution is 7.92. The fraction of sp³-hybridized carbons (Fsp3) is 0.0800. The van der Waals surface area contributed by atoms with Crippen LogP contribution in [-0.4, -0.2) is 14.3 Å². The van der Waals surface area contributed by atoms with Crippen molar-refractivity contribution in [1.82, 2.24) is 0 Å². The quantitative estimate of drug-likeness (QED) is 0.402. The van der Waals surface area contributed by atoms with Gasteiger partial charge in [0.2, 0.25) is 0 Å². The molecule has 0 bridgehead atoms. The topological polar surface area (TPSA) is 75.3 Å². The third-order valence-corrected chi connectivity index (χ3v) is 7.30. The van der Waals surface area contributed by atoms with E-state index in [1.165, 1.54) is 40.8 Å². The Morgan fingerprint density at radius 3 is 2.28 bits per heavy atom. The molecule has 0 unspecified atom stereocenters. The summed E-state index contributed by atoms with van der Waals surface area (Å²) in [5.41, 5.74) is 3.70. The molecule has 0 fully saturated rings. The molecular weight excluding hydrogens is 444 g/mol. The minimum Gasteiger partial charge on any atom is -0.321 e. The molecule has 1 aliphatic rings. The zero-order valence-electron chi connectivity index (χ0n) is 16.9. The van der Waals surface area contributed by atoms with Crippen LogP contribution in [-0.2, 0) is 22.9 Å². The summed E-state index contributed by atoms with van der Waals surface area (Å²) < 4.78 is 28.2. The van der Waals surface area contributed by atoms with E-state index in [1.807, 2.05) is 24.3 Å². The molecule has 1 aliphatic carbocycles. The summed E-state index contributed by atoms with van der Waals surface area (Å²) in [5.74, 6) is -0.391. The molecule has 4 aromatic rings. The second-order valence-corrected chi connectivity index (χ2v) is 9.79. The van der Waals surface area contributed by atoms with Crippen LogP contribution in [0.5, 0.6) is 0 Å². The maximum Gasteiger partial charge on any atom is 0.261 e. The van der Waals surface area contributed by atoms with E-state index in [4.69, 9.17) is 11.6 Å². The van der Waals surface area contributed by atoms with Gasteiger partial charge in [0.15, 0.2) is 0 Å². The third-order valence-electron chi connectivity index (χ3n) is 5.67. The number of hydrogen-bond donors (Lipinski definition) is 2. The Morgan fingerprint density at radius 1 is 0.781 bits per heavy atom. The molecule has 0 saturated heterocycles. The summed E-state index contributed by atoms with van der Waals surface area (Å²) in [6.07, 6.45) is 2.00. The molecule has 0 heterocycles. The first-order valence-electron chi connectivity index (χ1n) is 10.1. The Bertz CT molecular complexity index is 1450. The number of carbonyl (C=O) groups is 1. The molecule has 160 valence electrons. The number of nitrogens with one attached hydrogen (secondary N) is 2. The maximum absolute atomic E-state index is 13.2. The van der Waals surface area contributed by atoms with Gasteiger partial charge in [0, 0.05) is 16.1 Å². The Kier molecular flexibility index (Phi) is 5.12. The summed E-state index contributed by atoms with van der Waals surface area (Å²) in [6.45, 7) is 0. The normalized spacial score (nSPS) is 12.7. The smallest absolute Gasteiger partial charge is 0.261 e. The highest BCUT2D eigenvalue weighted by atomic mass is 35.5. The van der Waals surface area contributed by atoms with Gasteiger partial charge in [-0.05, 0) is 71.8 Å². The fourth-order valence-corrected chi connectivity index (χ4v) is 5.34. The molecule has 4 aromatic carbocycles. The van der Waals surface area contributed by atoms with Crippen LogP contribution in [0.2, 0.25) is 5.02 Å². The number of benzene rings is 4. The number of hydrogen-bond acceptors (Lipinski definition) is 3. The van der Waals surface area contributed by atoms with Gasteiger partial charge in [-0.15, -0.1) is 0 Å². The average Bonchev–Trinajstić information content (AvgIpc) is 3.21. The largest absolute Gasteiger partial charge is 0.321 e. The molecule has 0 aliphatic heterocycles. The van der Waals surface area contributed by atoms with Gasteiger partial charge in [0.1, 0.15) is 0 Å². The van der Waals surface area contributed by atoms with Crippen LogP contribution >= 0.6 is 11.6 Å². The lowest BCUT2D eigenvalue weighted by atomic mass is 10.0. The Hall–Kier alpha value is -3.35. The van der Waals surface area contributed by atoms with Crippen LogP contribution in [0, 0.1) is 0 Å². The van der Waals surface area contributed by atoms with E-state index < -0.39 is 15.9 Å². The molecule has 5 nitrogen and oxygen atoms in total. The zero-order valence-corrected chi connectivity index (χ0v) is 18.5. The molecule has 0 radical (unpaired) electrons. The van der Waals surface area contributed by atoms with Crippen molar-refractivity contribution in [3.63, 3.8) is 0 Å². The number of amides is 1. The first-order chi connectivity index (χ1) is 15.4. The first-order valence-corrected chi connectivity index (χ1v) is 12.0. The van der Waals surface area contributed by atoms with E-state index in [0.717, 1.165) is 18.2 Å². The first kappa shape index (κ1) is 20.5. The van der Waals surface area contributed by atoms with Crippen LogP contribution in [0.15, 0.2) is 83.8 Å². The molecule has 1 amide bonds. The van der Waals surface area contributed by atoms with Crippen LogP contribution < -0.4 is 10.0 Å². The van der Waals surface area contributed by atoms with Gasteiger partial charge >= 0.3 is 0 Å². The van der Waals surface area contributed by atoms with Crippen LogP contribution in [0.1, 0.15) is 21.5 Å². The molecule has 0 saturated carbocycles. The van der Waals surface area contributed by atoms with E-state index in [0.29, 0.717) is 10.7 Å². The number of aryl methyl sites for hydroxylation is 2. The van der Waals surface area contributed by atoms with Crippen molar-refractivity contribution < 1.29 is 13.2 Å². The van der Waals surface area contributed by atoms with Gasteiger partial charge in [-0.25, -0.2) is 8.42 Å². The number of carbonyl (C=O) groups excluding carboxylic acids is 1. The molecule has 0 atom stereocenters. The molecule has 0 aromatic heterocycles. The van der Waals surface area contributed by atoms with Crippen molar-refractivity contribution in [2.45, 2.75) is 17.7 Å². The van der Waals surface area contributed by atoms with E-state index in [-0.39, 0.29) is 16.1 Å². The highest BCUT2D eigenvalue weighted by Crippen LogP contribution is 2.35. The van der Waals surface area contributed by atoms with Gasteiger partial charge in [0.05, 0.1) is 16.1 Å². The Morgan fingerprint density at radius 2 is 1.50 bits per heavy atom. The molecular formula is C25H19ClN2O3S. The third kappa shape index (κ3) is 3.72. The number of sulfonamides is 1. The second kappa shape index (κ2) is 7.97. The number of halogens is 1. The van der Waals surface area contributed by atoms with Crippen molar-refractivity contribution in [1.29, 1.82) is 0 Å². The monoisotopic (exact) mass is 462 g/mol. The van der Waals surface area contributed by atoms with E-state index in [9.17, 15) is 13.2 Å².